The SMILES string of the molecule is Br.CC1(Cc2ccccc2)NOCO1. The second-order valence-electron chi connectivity index (χ2n) is 3.40. The van der Waals surface area contributed by atoms with Crippen molar-refractivity contribution in [3.63, 3.8) is 0 Å². The Hall–Kier alpha value is -0.420. The molecule has 2 rings (SSSR count). The van der Waals surface area contributed by atoms with E-state index >= 15 is 0 Å². The molecule has 0 aliphatic carbocycles. The van der Waals surface area contributed by atoms with Gasteiger partial charge in [0.05, 0.1) is 0 Å². The third-order valence-corrected chi connectivity index (χ3v) is 2.11. The van der Waals surface area contributed by atoms with Gasteiger partial charge in [-0.15, -0.1) is 17.0 Å². The van der Waals surface area contributed by atoms with Crippen LogP contribution in [0.4, 0.5) is 0 Å². The standard InChI is InChI=1S/C10H13NO2.BrH/c1-10(11-13-8-12-10)7-9-5-3-2-4-6-9;/h2-6,11H,7-8H2,1H3;1H. The van der Waals surface area contributed by atoms with Gasteiger partial charge in [-0.1, -0.05) is 30.3 Å². The smallest absolute Gasteiger partial charge is 0.169 e. The molecule has 1 unspecified atom stereocenters. The summed E-state index contributed by atoms with van der Waals surface area (Å²) in [6.45, 7) is 2.30. The van der Waals surface area contributed by atoms with Crippen molar-refractivity contribution in [2.45, 2.75) is 19.1 Å². The van der Waals surface area contributed by atoms with E-state index in [1.165, 1.54) is 5.56 Å². The lowest BCUT2D eigenvalue weighted by molar-refractivity contribution is 0.00112. The third kappa shape index (κ3) is 2.78. The zero-order valence-corrected chi connectivity index (χ0v) is 9.74. The van der Waals surface area contributed by atoms with Gasteiger partial charge in [-0.2, -0.15) is 5.48 Å². The van der Waals surface area contributed by atoms with Gasteiger partial charge >= 0.3 is 0 Å². The highest BCUT2D eigenvalue weighted by Gasteiger charge is 2.30. The van der Waals surface area contributed by atoms with Crippen LogP contribution in [0, 0.1) is 0 Å². The van der Waals surface area contributed by atoms with Gasteiger partial charge in [0.25, 0.3) is 0 Å². The van der Waals surface area contributed by atoms with Crippen molar-refractivity contribution in [3.8, 4) is 0 Å². The van der Waals surface area contributed by atoms with E-state index in [1.807, 2.05) is 25.1 Å². The van der Waals surface area contributed by atoms with Crippen molar-refractivity contribution in [1.82, 2.24) is 5.48 Å². The molecule has 4 heteroatoms. The molecule has 0 radical (unpaired) electrons. The van der Waals surface area contributed by atoms with Crippen LogP contribution in [0.2, 0.25) is 0 Å². The average Bonchev–Trinajstić information content (AvgIpc) is 2.54. The van der Waals surface area contributed by atoms with Crippen molar-refractivity contribution >= 4 is 17.0 Å². The lowest BCUT2D eigenvalue weighted by Crippen LogP contribution is -2.39. The van der Waals surface area contributed by atoms with Crippen LogP contribution in [0.3, 0.4) is 0 Å². The number of hydrogen-bond donors (Lipinski definition) is 1. The van der Waals surface area contributed by atoms with Crippen LogP contribution in [0.5, 0.6) is 0 Å². The van der Waals surface area contributed by atoms with Crippen LogP contribution in [0.15, 0.2) is 30.3 Å². The lowest BCUT2D eigenvalue weighted by Gasteiger charge is -2.20. The summed E-state index contributed by atoms with van der Waals surface area (Å²) in [4.78, 5) is 4.96. The van der Waals surface area contributed by atoms with Gasteiger partial charge in [-0.25, -0.2) is 0 Å². The van der Waals surface area contributed by atoms with Crippen LogP contribution < -0.4 is 5.48 Å². The third-order valence-electron chi connectivity index (χ3n) is 2.11. The van der Waals surface area contributed by atoms with E-state index in [-0.39, 0.29) is 22.7 Å². The molecule has 1 aromatic carbocycles. The molecule has 1 atom stereocenters. The summed E-state index contributed by atoms with van der Waals surface area (Å²) in [6.07, 6.45) is 0.813. The molecule has 0 saturated carbocycles. The van der Waals surface area contributed by atoms with Crippen LogP contribution in [-0.2, 0) is 16.0 Å². The zero-order valence-electron chi connectivity index (χ0n) is 8.03. The predicted octanol–water partition coefficient (Wildman–Crippen LogP) is 2.03. The van der Waals surface area contributed by atoms with Crippen LogP contribution in [-0.4, -0.2) is 12.5 Å². The van der Waals surface area contributed by atoms with Gasteiger partial charge < -0.3 is 4.74 Å². The summed E-state index contributed by atoms with van der Waals surface area (Å²) in [5.74, 6) is 0. The molecule has 1 saturated heterocycles. The first-order chi connectivity index (χ1) is 6.29. The summed E-state index contributed by atoms with van der Waals surface area (Å²) < 4.78 is 5.41. The number of benzene rings is 1. The second-order valence-corrected chi connectivity index (χ2v) is 3.40. The normalized spacial score (nSPS) is 25.8. The Morgan fingerprint density at radius 3 is 2.64 bits per heavy atom. The summed E-state index contributed by atoms with van der Waals surface area (Å²) in [7, 11) is 0. The van der Waals surface area contributed by atoms with E-state index in [0.717, 1.165) is 6.42 Å². The molecular formula is C10H14BrNO2. The molecule has 1 fully saturated rings. The first-order valence-corrected chi connectivity index (χ1v) is 4.35. The monoisotopic (exact) mass is 259 g/mol. The summed E-state index contributed by atoms with van der Waals surface area (Å²) in [6, 6.07) is 10.2. The minimum absolute atomic E-state index is 0. The molecule has 0 amide bonds. The van der Waals surface area contributed by atoms with Gasteiger partial charge in [0.2, 0.25) is 0 Å². The van der Waals surface area contributed by atoms with Crippen molar-refractivity contribution in [2.75, 3.05) is 6.79 Å². The average molecular weight is 260 g/mol. The Kier molecular flexibility index (Phi) is 4.07. The highest BCUT2D eigenvalue weighted by molar-refractivity contribution is 8.93. The molecule has 1 N–H and O–H groups in total. The number of ether oxygens (including phenoxy) is 1. The summed E-state index contributed by atoms with van der Waals surface area (Å²) in [5.41, 5.74) is 3.72. The molecule has 0 aromatic heterocycles. The maximum atomic E-state index is 5.41. The first kappa shape index (κ1) is 11.7. The fourth-order valence-corrected chi connectivity index (χ4v) is 1.44. The Morgan fingerprint density at radius 1 is 1.36 bits per heavy atom. The van der Waals surface area contributed by atoms with E-state index in [4.69, 9.17) is 9.57 Å². The minimum atomic E-state index is -0.374. The first-order valence-electron chi connectivity index (χ1n) is 4.35. The largest absolute Gasteiger partial charge is 0.331 e. The molecular weight excluding hydrogens is 246 g/mol. The fraction of sp³-hybridized carbons (Fsp3) is 0.400. The lowest BCUT2D eigenvalue weighted by atomic mass is 10.1. The molecule has 0 bridgehead atoms. The summed E-state index contributed by atoms with van der Waals surface area (Å²) >= 11 is 0. The number of nitrogens with one attached hydrogen (secondary N) is 1. The van der Waals surface area contributed by atoms with Crippen molar-refractivity contribution in [2.24, 2.45) is 0 Å². The number of rotatable bonds is 2. The Balaban J connectivity index is 0.000000980. The van der Waals surface area contributed by atoms with E-state index in [1.54, 1.807) is 0 Å². The molecule has 14 heavy (non-hydrogen) atoms. The van der Waals surface area contributed by atoms with E-state index < -0.39 is 0 Å². The molecule has 1 aromatic rings. The van der Waals surface area contributed by atoms with Gasteiger partial charge in [0, 0.05) is 6.42 Å². The minimum Gasteiger partial charge on any atom is -0.331 e. The molecule has 1 aliphatic heterocycles. The fourth-order valence-electron chi connectivity index (χ4n) is 1.44. The van der Waals surface area contributed by atoms with E-state index in [0.29, 0.717) is 6.79 Å². The van der Waals surface area contributed by atoms with Crippen molar-refractivity contribution in [1.29, 1.82) is 0 Å². The van der Waals surface area contributed by atoms with Crippen molar-refractivity contribution in [3.05, 3.63) is 35.9 Å². The molecule has 3 nitrogen and oxygen atoms in total. The van der Waals surface area contributed by atoms with Crippen molar-refractivity contribution < 1.29 is 9.57 Å². The van der Waals surface area contributed by atoms with Crippen LogP contribution in [0.25, 0.3) is 0 Å². The van der Waals surface area contributed by atoms with E-state index in [2.05, 4.69) is 17.6 Å². The van der Waals surface area contributed by atoms with E-state index in [9.17, 15) is 0 Å². The van der Waals surface area contributed by atoms with Gasteiger partial charge in [0.15, 0.2) is 6.79 Å². The maximum absolute atomic E-state index is 5.41. The number of halogens is 1. The molecule has 1 heterocycles. The summed E-state index contributed by atoms with van der Waals surface area (Å²) in [5, 5.41) is 0. The van der Waals surface area contributed by atoms with Crippen LogP contribution in [0.1, 0.15) is 12.5 Å². The highest BCUT2D eigenvalue weighted by Crippen LogP contribution is 2.18. The van der Waals surface area contributed by atoms with Gasteiger partial charge in [-0.05, 0) is 12.5 Å². The second kappa shape index (κ2) is 4.89. The van der Waals surface area contributed by atoms with Gasteiger partial charge in [-0.3, -0.25) is 4.84 Å². The number of hydroxylamine groups is 1. The Labute approximate surface area is 94.1 Å². The maximum Gasteiger partial charge on any atom is 0.169 e. The van der Waals surface area contributed by atoms with Crippen LogP contribution >= 0.6 is 17.0 Å². The molecule has 78 valence electrons. The van der Waals surface area contributed by atoms with Gasteiger partial charge in [0.1, 0.15) is 5.72 Å². The highest BCUT2D eigenvalue weighted by atomic mass is 79.9. The Bertz CT molecular complexity index is 273. The Morgan fingerprint density at radius 2 is 2.07 bits per heavy atom. The quantitative estimate of drug-likeness (QED) is 0.882. The predicted molar refractivity (Wildman–Crippen MR) is 59.0 cm³/mol. The number of hydrogen-bond acceptors (Lipinski definition) is 3. The molecule has 0 spiro atoms. The zero-order chi connectivity index (χ0) is 9.15. The topological polar surface area (TPSA) is 30.5 Å². The molecule has 1 aliphatic rings.